The van der Waals surface area contributed by atoms with E-state index in [1.807, 2.05) is 0 Å². The van der Waals surface area contributed by atoms with Crippen LogP contribution in [0.4, 0.5) is 0 Å². The molecule has 5 nitrogen and oxygen atoms in total. The number of aliphatic hydroxyl groups is 1. The summed E-state index contributed by atoms with van der Waals surface area (Å²) in [5.74, 6) is 0.985. The molecule has 2 rings (SSSR count). The highest BCUT2D eigenvalue weighted by molar-refractivity contribution is 7.91. The molecule has 1 saturated heterocycles. The van der Waals surface area contributed by atoms with Gasteiger partial charge in [0.15, 0.2) is 9.84 Å². The van der Waals surface area contributed by atoms with Crippen LogP contribution in [-0.2, 0) is 14.6 Å². The minimum atomic E-state index is -2.90. The average molecular weight is 303 g/mol. The summed E-state index contributed by atoms with van der Waals surface area (Å²) in [5, 5.41) is 12.3. The van der Waals surface area contributed by atoms with Crippen molar-refractivity contribution in [3.63, 3.8) is 0 Å². The van der Waals surface area contributed by atoms with Gasteiger partial charge in [-0.2, -0.15) is 0 Å². The van der Waals surface area contributed by atoms with Crippen molar-refractivity contribution in [3.05, 3.63) is 0 Å². The summed E-state index contributed by atoms with van der Waals surface area (Å²) in [6.07, 6.45) is 5.35. The number of amides is 1. The van der Waals surface area contributed by atoms with Crippen molar-refractivity contribution in [1.29, 1.82) is 0 Å². The molecule has 0 aromatic carbocycles. The lowest BCUT2D eigenvalue weighted by Crippen LogP contribution is -2.36. The van der Waals surface area contributed by atoms with E-state index in [-0.39, 0.29) is 29.9 Å². The van der Waals surface area contributed by atoms with Gasteiger partial charge in [-0.3, -0.25) is 4.79 Å². The van der Waals surface area contributed by atoms with Crippen LogP contribution in [0.25, 0.3) is 0 Å². The Morgan fingerprint density at radius 2 is 1.85 bits per heavy atom. The first-order valence-electron chi connectivity index (χ1n) is 7.58. The molecule has 2 N–H and O–H groups in total. The highest BCUT2D eigenvalue weighted by Crippen LogP contribution is 2.29. The normalized spacial score (nSPS) is 33.0. The SMILES string of the molecule is O=C(CC1CCS(=O)(=O)C1)NCC1CCCCC1CO. The Balaban J connectivity index is 1.72. The third kappa shape index (κ3) is 4.45. The van der Waals surface area contributed by atoms with Crippen LogP contribution in [0, 0.1) is 17.8 Å². The third-order valence-corrected chi connectivity index (χ3v) is 6.50. The van der Waals surface area contributed by atoms with Gasteiger partial charge < -0.3 is 10.4 Å². The first kappa shape index (κ1) is 15.8. The molecule has 1 amide bonds. The highest BCUT2D eigenvalue weighted by Gasteiger charge is 2.30. The van der Waals surface area contributed by atoms with Crippen LogP contribution in [0.1, 0.15) is 38.5 Å². The van der Waals surface area contributed by atoms with E-state index in [9.17, 15) is 18.3 Å². The Morgan fingerprint density at radius 3 is 2.45 bits per heavy atom. The van der Waals surface area contributed by atoms with E-state index < -0.39 is 9.84 Å². The molecule has 0 aromatic heterocycles. The molecule has 6 heteroatoms. The lowest BCUT2D eigenvalue weighted by molar-refractivity contribution is -0.122. The van der Waals surface area contributed by atoms with E-state index in [1.165, 1.54) is 0 Å². The summed E-state index contributed by atoms with van der Waals surface area (Å²) in [4.78, 5) is 11.9. The number of carbonyl (C=O) groups excluding carboxylic acids is 1. The van der Waals surface area contributed by atoms with Crippen LogP contribution in [0.3, 0.4) is 0 Å². The van der Waals surface area contributed by atoms with E-state index in [1.54, 1.807) is 0 Å². The van der Waals surface area contributed by atoms with Crippen molar-refractivity contribution >= 4 is 15.7 Å². The summed E-state index contributed by atoms with van der Waals surface area (Å²) in [5.41, 5.74) is 0. The second-order valence-corrected chi connectivity index (χ2v) is 8.49. The summed E-state index contributed by atoms with van der Waals surface area (Å²) in [6, 6.07) is 0. The molecule has 0 radical (unpaired) electrons. The van der Waals surface area contributed by atoms with E-state index in [4.69, 9.17) is 0 Å². The van der Waals surface area contributed by atoms with E-state index in [0.29, 0.717) is 31.2 Å². The monoisotopic (exact) mass is 303 g/mol. The molecule has 2 aliphatic rings. The van der Waals surface area contributed by atoms with Crippen LogP contribution >= 0.6 is 0 Å². The highest BCUT2D eigenvalue weighted by atomic mass is 32.2. The van der Waals surface area contributed by atoms with Gasteiger partial charge in [-0.25, -0.2) is 8.42 Å². The van der Waals surface area contributed by atoms with Crippen molar-refractivity contribution in [2.24, 2.45) is 17.8 Å². The standard InChI is InChI=1S/C14H25NO4S/c16-9-13-4-2-1-3-12(13)8-15-14(17)7-11-5-6-20(18,19)10-11/h11-13,16H,1-10H2,(H,15,17). The van der Waals surface area contributed by atoms with Crippen molar-refractivity contribution in [2.45, 2.75) is 38.5 Å². The third-order valence-electron chi connectivity index (χ3n) is 4.66. The predicted octanol–water partition coefficient (Wildman–Crippen LogP) is 0.726. The molecule has 2 fully saturated rings. The fraction of sp³-hybridized carbons (Fsp3) is 0.929. The predicted molar refractivity (Wildman–Crippen MR) is 76.9 cm³/mol. The van der Waals surface area contributed by atoms with E-state index >= 15 is 0 Å². The minimum Gasteiger partial charge on any atom is -0.396 e. The Kier molecular flexibility index (Phi) is 5.43. The number of rotatable bonds is 5. The number of carbonyl (C=O) groups is 1. The first-order valence-corrected chi connectivity index (χ1v) is 9.40. The molecular weight excluding hydrogens is 278 g/mol. The lowest BCUT2D eigenvalue weighted by atomic mass is 9.79. The molecule has 1 aliphatic heterocycles. The van der Waals surface area contributed by atoms with Gasteiger partial charge in [0, 0.05) is 19.6 Å². The molecule has 1 saturated carbocycles. The second kappa shape index (κ2) is 6.89. The van der Waals surface area contributed by atoms with Crippen LogP contribution < -0.4 is 5.32 Å². The maximum Gasteiger partial charge on any atom is 0.220 e. The van der Waals surface area contributed by atoms with Crippen LogP contribution in [0.2, 0.25) is 0 Å². The Hall–Kier alpha value is -0.620. The van der Waals surface area contributed by atoms with Crippen molar-refractivity contribution in [1.82, 2.24) is 5.32 Å². The number of hydrogen-bond donors (Lipinski definition) is 2. The maximum absolute atomic E-state index is 11.9. The van der Waals surface area contributed by atoms with Crippen molar-refractivity contribution < 1.29 is 18.3 Å². The lowest BCUT2D eigenvalue weighted by Gasteiger charge is -2.30. The van der Waals surface area contributed by atoms with Crippen LogP contribution in [-0.4, -0.2) is 44.1 Å². The molecule has 1 heterocycles. The van der Waals surface area contributed by atoms with Gasteiger partial charge in [0.25, 0.3) is 0 Å². The zero-order chi connectivity index (χ0) is 14.6. The van der Waals surface area contributed by atoms with Gasteiger partial charge in [-0.15, -0.1) is 0 Å². The fourth-order valence-corrected chi connectivity index (χ4v) is 5.27. The summed E-state index contributed by atoms with van der Waals surface area (Å²) < 4.78 is 22.7. The molecule has 0 bridgehead atoms. The Labute approximate surface area is 121 Å². The Bertz CT molecular complexity index is 434. The van der Waals surface area contributed by atoms with Gasteiger partial charge >= 0.3 is 0 Å². The number of hydrogen-bond acceptors (Lipinski definition) is 4. The quantitative estimate of drug-likeness (QED) is 0.784. The molecule has 0 spiro atoms. The smallest absolute Gasteiger partial charge is 0.220 e. The molecule has 1 aliphatic carbocycles. The number of sulfone groups is 1. The molecule has 0 aromatic rings. The van der Waals surface area contributed by atoms with Crippen molar-refractivity contribution in [3.8, 4) is 0 Å². The molecule has 116 valence electrons. The van der Waals surface area contributed by atoms with Gasteiger partial charge in [-0.1, -0.05) is 12.8 Å². The minimum absolute atomic E-state index is 0.0139. The number of aliphatic hydroxyl groups excluding tert-OH is 1. The molecule has 3 unspecified atom stereocenters. The second-order valence-electron chi connectivity index (χ2n) is 6.26. The molecule has 3 atom stereocenters. The van der Waals surface area contributed by atoms with Gasteiger partial charge in [0.1, 0.15) is 0 Å². The van der Waals surface area contributed by atoms with E-state index in [2.05, 4.69) is 5.32 Å². The van der Waals surface area contributed by atoms with Crippen molar-refractivity contribution in [2.75, 3.05) is 24.7 Å². The topological polar surface area (TPSA) is 83.5 Å². The fourth-order valence-electron chi connectivity index (χ4n) is 3.41. The van der Waals surface area contributed by atoms with Gasteiger partial charge in [0.05, 0.1) is 11.5 Å². The number of nitrogens with one attached hydrogen (secondary N) is 1. The summed E-state index contributed by atoms with van der Waals surface area (Å²) in [7, 11) is -2.90. The summed E-state index contributed by atoms with van der Waals surface area (Å²) >= 11 is 0. The first-order chi connectivity index (χ1) is 9.50. The Morgan fingerprint density at radius 1 is 1.15 bits per heavy atom. The van der Waals surface area contributed by atoms with Crippen LogP contribution in [0.15, 0.2) is 0 Å². The maximum atomic E-state index is 11.9. The van der Waals surface area contributed by atoms with Gasteiger partial charge in [0.2, 0.25) is 5.91 Å². The molecular formula is C14H25NO4S. The molecule has 20 heavy (non-hydrogen) atoms. The largest absolute Gasteiger partial charge is 0.396 e. The zero-order valence-corrected chi connectivity index (χ0v) is 12.7. The van der Waals surface area contributed by atoms with Gasteiger partial charge in [-0.05, 0) is 37.0 Å². The summed E-state index contributed by atoms with van der Waals surface area (Å²) in [6.45, 7) is 0.810. The average Bonchev–Trinajstić information content (AvgIpc) is 2.76. The van der Waals surface area contributed by atoms with E-state index in [0.717, 1.165) is 25.7 Å². The zero-order valence-electron chi connectivity index (χ0n) is 11.9. The van der Waals surface area contributed by atoms with Crippen LogP contribution in [0.5, 0.6) is 0 Å².